The lowest BCUT2D eigenvalue weighted by Gasteiger charge is -2.36. The van der Waals surface area contributed by atoms with Crippen LogP contribution < -0.4 is 5.32 Å². The van der Waals surface area contributed by atoms with Gasteiger partial charge in [-0.1, -0.05) is 12.1 Å². The molecule has 4 heteroatoms. The predicted molar refractivity (Wildman–Crippen MR) is 63.6 cm³/mol. The molecule has 0 spiro atoms. The van der Waals surface area contributed by atoms with Gasteiger partial charge in [-0.3, -0.25) is 4.79 Å². The zero-order chi connectivity index (χ0) is 13.2. The Morgan fingerprint density at radius 3 is 2.82 bits per heavy atom. The second kappa shape index (κ2) is 4.46. The van der Waals surface area contributed by atoms with Crippen molar-refractivity contribution in [2.24, 2.45) is 0 Å². The first kappa shape index (κ1) is 10.2. The highest BCUT2D eigenvalue weighted by Gasteiger charge is 2.36. The second-order valence-corrected chi connectivity index (χ2v) is 4.35. The minimum atomic E-state index is -0.948. The van der Waals surface area contributed by atoms with Crippen molar-refractivity contribution < 1.29 is 11.3 Å². The van der Waals surface area contributed by atoms with Gasteiger partial charge in [0, 0.05) is 5.69 Å². The smallest absolute Gasteiger partial charge is 0.307 e. The zero-order valence-corrected chi connectivity index (χ0v) is 9.36. The fraction of sp³-hybridized carbons (Fsp3) is 0.385. The van der Waals surface area contributed by atoms with Crippen LogP contribution in [0.4, 0.5) is 5.69 Å². The SMILES string of the molecule is [2H]c1cc(NC2(C#N)CCC2)ccc1CC(=O)O. The van der Waals surface area contributed by atoms with Crippen LogP contribution in [0.15, 0.2) is 24.2 Å². The lowest BCUT2D eigenvalue weighted by molar-refractivity contribution is -0.136. The van der Waals surface area contributed by atoms with Crippen molar-refractivity contribution in [2.75, 3.05) is 5.32 Å². The topological polar surface area (TPSA) is 73.1 Å². The Morgan fingerprint density at radius 1 is 1.59 bits per heavy atom. The molecule has 1 fully saturated rings. The molecular formula is C13H14N2O2. The van der Waals surface area contributed by atoms with Gasteiger partial charge in [0.15, 0.2) is 0 Å². The molecule has 0 radical (unpaired) electrons. The first-order chi connectivity index (χ1) is 8.54. The summed E-state index contributed by atoms with van der Waals surface area (Å²) in [5.41, 5.74) is 0.684. The molecule has 1 aromatic carbocycles. The highest BCUT2D eigenvalue weighted by atomic mass is 16.4. The van der Waals surface area contributed by atoms with Gasteiger partial charge in [-0.25, -0.2) is 0 Å². The minimum absolute atomic E-state index is 0.150. The molecule has 1 saturated carbocycles. The maximum atomic E-state index is 10.6. The van der Waals surface area contributed by atoms with Crippen LogP contribution in [0.5, 0.6) is 0 Å². The van der Waals surface area contributed by atoms with Crippen LogP contribution >= 0.6 is 0 Å². The zero-order valence-electron chi connectivity index (χ0n) is 10.4. The van der Waals surface area contributed by atoms with Gasteiger partial charge >= 0.3 is 5.97 Å². The van der Waals surface area contributed by atoms with E-state index in [4.69, 9.17) is 11.7 Å². The van der Waals surface area contributed by atoms with Crippen LogP contribution in [0.2, 0.25) is 0 Å². The Morgan fingerprint density at radius 2 is 2.35 bits per heavy atom. The van der Waals surface area contributed by atoms with E-state index in [0.717, 1.165) is 19.3 Å². The number of carbonyl (C=O) groups is 1. The van der Waals surface area contributed by atoms with E-state index in [1.807, 2.05) is 0 Å². The highest BCUT2D eigenvalue weighted by molar-refractivity contribution is 5.70. The second-order valence-electron chi connectivity index (χ2n) is 4.35. The summed E-state index contributed by atoms with van der Waals surface area (Å²) in [7, 11) is 0. The molecule has 0 heterocycles. The Labute approximate surface area is 101 Å². The van der Waals surface area contributed by atoms with Gasteiger partial charge in [0.2, 0.25) is 0 Å². The summed E-state index contributed by atoms with van der Waals surface area (Å²) in [6, 6.07) is 7.39. The standard InChI is InChI=1S/C13H14N2O2/c14-9-13(6-1-7-13)15-11-4-2-10(3-5-11)8-12(16)17/h2-5,15H,1,6-8H2,(H,16,17)/i2D. The monoisotopic (exact) mass is 231 g/mol. The molecular weight excluding hydrogens is 216 g/mol. The fourth-order valence-corrected chi connectivity index (χ4v) is 1.88. The summed E-state index contributed by atoms with van der Waals surface area (Å²) < 4.78 is 7.76. The van der Waals surface area contributed by atoms with E-state index in [1.54, 1.807) is 18.2 Å². The summed E-state index contributed by atoms with van der Waals surface area (Å²) in [6.07, 6.45) is 2.51. The van der Waals surface area contributed by atoms with Gasteiger partial charge < -0.3 is 10.4 Å². The molecule has 0 bridgehead atoms. The van der Waals surface area contributed by atoms with E-state index in [-0.39, 0.29) is 12.5 Å². The normalized spacial score (nSPS) is 17.5. The number of nitriles is 1. The van der Waals surface area contributed by atoms with Crippen molar-refractivity contribution in [3.8, 4) is 6.07 Å². The summed E-state index contributed by atoms with van der Waals surface area (Å²) in [6.45, 7) is 0. The molecule has 0 amide bonds. The van der Waals surface area contributed by atoms with E-state index in [1.165, 1.54) is 0 Å². The molecule has 4 nitrogen and oxygen atoms in total. The molecule has 88 valence electrons. The number of nitrogens with one attached hydrogen (secondary N) is 1. The van der Waals surface area contributed by atoms with Gasteiger partial charge in [0.05, 0.1) is 13.9 Å². The molecule has 0 atom stereocenters. The van der Waals surface area contributed by atoms with E-state index in [9.17, 15) is 4.79 Å². The molecule has 0 aromatic heterocycles. The number of anilines is 1. The van der Waals surface area contributed by atoms with Crippen molar-refractivity contribution in [3.63, 3.8) is 0 Å². The fourth-order valence-electron chi connectivity index (χ4n) is 1.88. The lowest BCUT2D eigenvalue weighted by atomic mass is 9.78. The summed E-state index contributed by atoms with van der Waals surface area (Å²) in [4.78, 5) is 10.6. The van der Waals surface area contributed by atoms with Crippen LogP contribution in [-0.2, 0) is 11.2 Å². The van der Waals surface area contributed by atoms with E-state index >= 15 is 0 Å². The van der Waals surface area contributed by atoms with Gasteiger partial charge in [-0.2, -0.15) is 5.26 Å². The molecule has 0 unspecified atom stereocenters. The van der Waals surface area contributed by atoms with E-state index in [2.05, 4.69) is 11.4 Å². The number of aliphatic carboxylic acids is 1. The summed E-state index contributed by atoms with van der Waals surface area (Å²) in [5, 5.41) is 20.9. The predicted octanol–water partition coefficient (Wildman–Crippen LogP) is 2.17. The van der Waals surface area contributed by atoms with Crippen LogP contribution in [0.3, 0.4) is 0 Å². The number of carboxylic acid groups (broad SMARTS) is 1. The molecule has 17 heavy (non-hydrogen) atoms. The Balaban J connectivity index is 2.14. The van der Waals surface area contributed by atoms with Gasteiger partial charge in [-0.05, 0) is 37.0 Å². The Hall–Kier alpha value is -2.02. The maximum absolute atomic E-state index is 10.6. The maximum Gasteiger partial charge on any atom is 0.307 e. The van der Waals surface area contributed by atoms with Crippen molar-refractivity contribution in [3.05, 3.63) is 29.8 Å². The molecule has 2 N–H and O–H groups in total. The lowest BCUT2D eigenvalue weighted by Crippen LogP contribution is -2.43. The van der Waals surface area contributed by atoms with Crippen molar-refractivity contribution in [1.29, 1.82) is 5.26 Å². The van der Waals surface area contributed by atoms with Gasteiger partial charge in [0.25, 0.3) is 0 Å². The average molecular weight is 231 g/mol. The Kier molecular flexibility index (Phi) is 2.66. The quantitative estimate of drug-likeness (QED) is 0.832. The van der Waals surface area contributed by atoms with E-state index < -0.39 is 11.5 Å². The van der Waals surface area contributed by atoms with Crippen molar-refractivity contribution in [2.45, 2.75) is 31.2 Å². The molecule has 0 aliphatic heterocycles. The summed E-state index contributed by atoms with van der Waals surface area (Å²) in [5.74, 6) is -0.948. The van der Waals surface area contributed by atoms with Gasteiger partial charge in [0.1, 0.15) is 5.54 Å². The number of benzene rings is 1. The third-order valence-electron chi connectivity index (χ3n) is 3.02. The molecule has 0 saturated heterocycles. The molecule has 2 rings (SSSR count). The van der Waals surface area contributed by atoms with Crippen LogP contribution in [0, 0.1) is 11.3 Å². The van der Waals surface area contributed by atoms with Crippen LogP contribution in [0.25, 0.3) is 0 Å². The summed E-state index contributed by atoms with van der Waals surface area (Å²) >= 11 is 0. The number of nitrogens with zero attached hydrogens (tertiary/aromatic N) is 1. The average Bonchev–Trinajstić information content (AvgIpc) is 2.27. The first-order valence-electron chi connectivity index (χ1n) is 6.05. The molecule has 1 aliphatic carbocycles. The number of rotatable bonds is 4. The number of carboxylic acids is 1. The van der Waals surface area contributed by atoms with Crippen LogP contribution in [-0.4, -0.2) is 16.6 Å². The van der Waals surface area contributed by atoms with Crippen molar-refractivity contribution >= 4 is 11.7 Å². The largest absolute Gasteiger partial charge is 0.481 e. The minimum Gasteiger partial charge on any atom is -0.481 e. The third kappa shape index (κ3) is 2.56. The number of hydrogen-bond acceptors (Lipinski definition) is 3. The Bertz CT molecular complexity index is 518. The first-order valence-corrected chi connectivity index (χ1v) is 5.55. The molecule has 1 aromatic rings. The van der Waals surface area contributed by atoms with E-state index in [0.29, 0.717) is 11.3 Å². The third-order valence-corrected chi connectivity index (χ3v) is 3.02. The van der Waals surface area contributed by atoms with Gasteiger partial charge in [-0.15, -0.1) is 0 Å². The number of hydrogen-bond donors (Lipinski definition) is 2. The van der Waals surface area contributed by atoms with Crippen LogP contribution in [0.1, 0.15) is 26.2 Å². The van der Waals surface area contributed by atoms with Crippen molar-refractivity contribution in [1.82, 2.24) is 0 Å². The molecule has 1 aliphatic rings. The highest BCUT2D eigenvalue weighted by Crippen LogP contribution is 2.34.